The largest absolute Gasteiger partial charge is 0.481 e. The maximum atomic E-state index is 11.4. The molecule has 0 spiro atoms. The van der Waals surface area contributed by atoms with Crippen LogP contribution in [0.4, 0.5) is 4.79 Å². The van der Waals surface area contributed by atoms with Crippen molar-refractivity contribution in [3.05, 3.63) is 0 Å². The van der Waals surface area contributed by atoms with Crippen molar-refractivity contribution in [2.24, 2.45) is 5.41 Å². The molecule has 0 fully saturated rings. The predicted octanol–water partition coefficient (Wildman–Crippen LogP) is -0.451. The van der Waals surface area contributed by atoms with Crippen molar-refractivity contribution >= 4 is 17.9 Å². The van der Waals surface area contributed by atoms with E-state index in [4.69, 9.17) is 9.84 Å². The third-order valence-corrected chi connectivity index (χ3v) is 2.54. The van der Waals surface area contributed by atoms with E-state index >= 15 is 0 Å². The zero-order chi connectivity index (χ0) is 15.6. The number of nitrogens with one attached hydrogen (secondary N) is 3. The molecule has 3 amide bonds. The van der Waals surface area contributed by atoms with Crippen LogP contribution in [0.25, 0.3) is 0 Å². The van der Waals surface area contributed by atoms with Gasteiger partial charge in [0.15, 0.2) is 0 Å². The van der Waals surface area contributed by atoms with Gasteiger partial charge < -0.3 is 25.8 Å². The molecular weight excluding hydrogens is 266 g/mol. The summed E-state index contributed by atoms with van der Waals surface area (Å²) in [7, 11) is 1.54. The predicted molar refractivity (Wildman–Crippen MR) is 72.3 cm³/mol. The van der Waals surface area contributed by atoms with Crippen LogP contribution in [0.15, 0.2) is 0 Å². The highest BCUT2D eigenvalue weighted by molar-refractivity contribution is 5.79. The van der Waals surface area contributed by atoms with Gasteiger partial charge in [-0.1, -0.05) is 0 Å². The Kier molecular flexibility index (Phi) is 8.30. The Morgan fingerprint density at radius 2 is 1.75 bits per heavy atom. The number of methoxy groups -OCH3 is 1. The number of hydrogen-bond donors (Lipinski definition) is 4. The summed E-state index contributed by atoms with van der Waals surface area (Å²) < 4.78 is 4.78. The minimum absolute atomic E-state index is 0.00814. The van der Waals surface area contributed by atoms with Crippen LogP contribution < -0.4 is 16.0 Å². The lowest BCUT2D eigenvalue weighted by molar-refractivity contribution is -0.146. The van der Waals surface area contributed by atoms with Gasteiger partial charge in [-0.05, 0) is 13.8 Å². The van der Waals surface area contributed by atoms with Gasteiger partial charge in [0.2, 0.25) is 5.91 Å². The molecule has 8 nitrogen and oxygen atoms in total. The summed E-state index contributed by atoms with van der Waals surface area (Å²) >= 11 is 0. The van der Waals surface area contributed by atoms with E-state index in [1.807, 2.05) is 0 Å². The van der Waals surface area contributed by atoms with Crippen molar-refractivity contribution < 1.29 is 24.2 Å². The first kappa shape index (κ1) is 18.2. The summed E-state index contributed by atoms with van der Waals surface area (Å²) in [5.41, 5.74) is -1.03. The van der Waals surface area contributed by atoms with Gasteiger partial charge in [0.25, 0.3) is 0 Å². The lowest BCUT2D eigenvalue weighted by atomic mass is 9.94. The van der Waals surface area contributed by atoms with E-state index < -0.39 is 17.4 Å². The first-order valence-corrected chi connectivity index (χ1v) is 6.30. The molecule has 0 aliphatic carbocycles. The number of ether oxygens (including phenoxy) is 1. The molecule has 0 rings (SSSR count). The Bertz CT molecular complexity index is 344. The number of carbonyl (C=O) groups is 3. The normalized spacial score (nSPS) is 10.8. The van der Waals surface area contributed by atoms with E-state index in [1.54, 1.807) is 0 Å². The van der Waals surface area contributed by atoms with Crippen molar-refractivity contribution in [1.82, 2.24) is 16.0 Å². The summed E-state index contributed by atoms with van der Waals surface area (Å²) in [6.07, 6.45) is 0.152. The Morgan fingerprint density at radius 1 is 1.10 bits per heavy atom. The lowest BCUT2D eigenvalue weighted by Gasteiger charge is -2.19. The van der Waals surface area contributed by atoms with Crippen LogP contribution in [-0.2, 0) is 14.3 Å². The van der Waals surface area contributed by atoms with Gasteiger partial charge in [0.05, 0.1) is 12.0 Å². The van der Waals surface area contributed by atoms with Gasteiger partial charge in [-0.25, -0.2) is 4.79 Å². The molecular formula is C12H23N3O5. The summed E-state index contributed by atoms with van der Waals surface area (Å²) in [6, 6.07) is -0.496. The molecule has 0 saturated carbocycles. The number of amides is 3. The lowest BCUT2D eigenvalue weighted by Crippen LogP contribution is -2.44. The maximum absolute atomic E-state index is 11.4. The van der Waals surface area contributed by atoms with E-state index in [0.29, 0.717) is 13.2 Å². The van der Waals surface area contributed by atoms with Gasteiger partial charge in [-0.2, -0.15) is 0 Å². The van der Waals surface area contributed by atoms with Crippen LogP contribution in [0.2, 0.25) is 0 Å². The minimum atomic E-state index is -1.03. The van der Waals surface area contributed by atoms with E-state index in [-0.39, 0.29) is 25.4 Å². The zero-order valence-corrected chi connectivity index (χ0v) is 12.1. The third kappa shape index (κ3) is 8.30. The Labute approximate surface area is 118 Å². The number of urea groups is 1. The number of hydrogen-bond acceptors (Lipinski definition) is 4. The van der Waals surface area contributed by atoms with Crippen molar-refractivity contribution in [2.45, 2.75) is 20.3 Å². The SMILES string of the molecule is COCCNC(=O)CCNC(=O)NCC(C)(C)C(=O)O. The molecule has 0 atom stereocenters. The Hall–Kier alpha value is -1.83. The van der Waals surface area contributed by atoms with Gasteiger partial charge in [-0.3, -0.25) is 9.59 Å². The van der Waals surface area contributed by atoms with Crippen molar-refractivity contribution in [1.29, 1.82) is 0 Å². The molecule has 0 aromatic carbocycles. The number of carbonyl (C=O) groups excluding carboxylic acids is 2. The number of aliphatic carboxylic acids is 1. The molecule has 0 aliphatic heterocycles. The topological polar surface area (TPSA) is 117 Å². The van der Waals surface area contributed by atoms with Crippen molar-refractivity contribution in [3.63, 3.8) is 0 Å². The highest BCUT2D eigenvalue weighted by Gasteiger charge is 2.27. The smallest absolute Gasteiger partial charge is 0.314 e. The molecule has 0 bridgehead atoms. The molecule has 8 heteroatoms. The first-order valence-electron chi connectivity index (χ1n) is 6.30. The summed E-state index contributed by atoms with van der Waals surface area (Å²) in [5, 5.41) is 16.4. The average Bonchev–Trinajstić information content (AvgIpc) is 2.36. The monoisotopic (exact) mass is 289 g/mol. The average molecular weight is 289 g/mol. The Morgan fingerprint density at radius 3 is 2.30 bits per heavy atom. The van der Waals surface area contributed by atoms with Gasteiger partial charge in [-0.15, -0.1) is 0 Å². The van der Waals surface area contributed by atoms with Gasteiger partial charge in [0.1, 0.15) is 0 Å². The van der Waals surface area contributed by atoms with E-state index in [1.165, 1.54) is 21.0 Å². The summed E-state index contributed by atoms with van der Waals surface area (Å²) in [4.78, 5) is 33.5. The zero-order valence-electron chi connectivity index (χ0n) is 12.1. The highest BCUT2D eigenvalue weighted by Crippen LogP contribution is 2.12. The second-order valence-electron chi connectivity index (χ2n) is 4.89. The van der Waals surface area contributed by atoms with Crippen molar-refractivity contribution in [2.75, 3.05) is 33.4 Å². The molecule has 0 radical (unpaired) electrons. The second-order valence-corrected chi connectivity index (χ2v) is 4.89. The van der Waals surface area contributed by atoms with Crippen molar-refractivity contribution in [3.8, 4) is 0 Å². The number of carboxylic acids is 1. The van der Waals surface area contributed by atoms with E-state index in [2.05, 4.69) is 16.0 Å². The molecule has 0 unspecified atom stereocenters. The van der Waals surface area contributed by atoms with Crippen LogP contribution in [0.5, 0.6) is 0 Å². The fourth-order valence-electron chi connectivity index (χ4n) is 1.11. The van der Waals surface area contributed by atoms with Crippen LogP contribution >= 0.6 is 0 Å². The fourth-order valence-corrected chi connectivity index (χ4v) is 1.11. The number of rotatable bonds is 9. The van der Waals surface area contributed by atoms with Crippen LogP contribution in [0, 0.1) is 5.41 Å². The quantitative estimate of drug-likeness (QED) is 0.429. The van der Waals surface area contributed by atoms with Crippen LogP contribution in [0.3, 0.4) is 0 Å². The molecule has 0 aliphatic rings. The second kappa shape index (κ2) is 9.13. The standard InChI is InChI=1S/C12H23N3O5/c1-12(2,10(17)18)8-15-11(19)14-5-4-9(16)13-6-7-20-3/h4-8H2,1-3H3,(H,13,16)(H,17,18)(H2,14,15,19). The highest BCUT2D eigenvalue weighted by atomic mass is 16.5. The first-order chi connectivity index (χ1) is 9.29. The minimum Gasteiger partial charge on any atom is -0.481 e. The molecule has 20 heavy (non-hydrogen) atoms. The van der Waals surface area contributed by atoms with Crippen LogP contribution in [0.1, 0.15) is 20.3 Å². The van der Waals surface area contributed by atoms with E-state index in [0.717, 1.165) is 0 Å². The Balaban J connectivity index is 3.74. The van der Waals surface area contributed by atoms with Crippen LogP contribution in [-0.4, -0.2) is 56.4 Å². The third-order valence-electron chi connectivity index (χ3n) is 2.54. The molecule has 4 N–H and O–H groups in total. The summed E-state index contributed by atoms with van der Waals surface area (Å²) in [5.74, 6) is -1.18. The summed E-state index contributed by atoms with van der Waals surface area (Å²) in [6.45, 7) is 4.07. The fraction of sp³-hybridized carbons (Fsp3) is 0.750. The van der Waals surface area contributed by atoms with Gasteiger partial charge in [0, 0.05) is 33.2 Å². The van der Waals surface area contributed by atoms with E-state index in [9.17, 15) is 14.4 Å². The maximum Gasteiger partial charge on any atom is 0.314 e. The number of carboxylic acid groups (broad SMARTS) is 1. The molecule has 116 valence electrons. The molecule has 0 aromatic heterocycles. The molecule has 0 aromatic rings. The van der Waals surface area contributed by atoms with Gasteiger partial charge >= 0.3 is 12.0 Å². The molecule has 0 heterocycles. The molecule has 0 saturated heterocycles.